The van der Waals surface area contributed by atoms with Gasteiger partial charge in [-0.25, -0.2) is 9.48 Å². The van der Waals surface area contributed by atoms with E-state index in [1.54, 1.807) is 23.0 Å². The van der Waals surface area contributed by atoms with Gasteiger partial charge in [0.1, 0.15) is 0 Å². The minimum Gasteiger partial charge on any atom is -0.478 e. The lowest BCUT2D eigenvalue weighted by Gasteiger charge is -2.08. The number of carbonyl (C=O) groups is 1. The maximum absolute atomic E-state index is 11.2. The third-order valence-electron chi connectivity index (χ3n) is 2.93. The highest BCUT2D eigenvalue weighted by Gasteiger charge is 2.12. The first-order valence-corrected chi connectivity index (χ1v) is 6.70. The summed E-state index contributed by atoms with van der Waals surface area (Å²) in [4.78, 5) is 11.2. The number of benzene rings is 2. The van der Waals surface area contributed by atoms with Crippen molar-refractivity contribution in [2.24, 2.45) is 0 Å². The van der Waals surface area contributed by atoms with Crippen molar-refractivity contribution in [1.29, 1.82) is 0 Å². The van der Waals surface area contributed by atoms with Gasteiger partial charge in [-0.05, 0) is 40.1 Å². The predicted octanol–water partition coefficient (Wildman–Crippen LogP) is 3.33. The summed E-state index contributed by atoms with van der Waals surface area (Å²) in [5.41, 5.74) is 1.18. The fourth-order valence-electron chi connectivity index (χ4n) is 2.10. The van der Waals surface area contributed by atoms with E-state index in [0.29, 0.717) is 5.56 Å². The summed E-state index contributed by atoms with van der Waals surface area (Å²) in [5.74, 6) is -0.919. The molecule has 3 rings (SSSR count). The van der Waals surface area contributed by atoms with Gasteiger partial charge in [0, 0.05) is 11.6 Å². The molecule has 0 atom stereocenters. The Bertz CT molecular complexity index is 780. The molecule has 4 nitrogen and oxygen atoms in total. The van der Waals surface area contributed by atoms with E-state index in [0.717, 1.165) is 20.0 Å². The number of carboxylic acid groups (broad SMARTS) is 1. The number of hydrogen-bond donors (Lipinski definition) is 1. The average Bonchev–Trinajstić information content (AvgIpc) is 2.83. The van der Waals surface area contributed by atoms with Crippen LogP contribution in [0.1, 0.15) is 10.4 Å². The molecule has 2 aromatic carbocycles. The highest BCUT2D eigenvalue weighted by Crippen LogP contribution is 2.25. The maximum atomic E-state index is 11.2. The van der Waals surface area contributed by atoms with Crippen LogP contribution in [0.25, 0.3) is 16.5 Å². The molecule has 1 heterocycles. The van der Waals surface area contributed by atoms with E-state index in [9.17, 15) is 9.90 Å². The van der Waals surface area contributed by atoms with Crippen molar-refractivity contribution in [3.63, 3.8) is 0 Å². The minimum absolute atomic E-state index is 0.307. The number of carboxylic acids is 1. The van der Waals surface area contributed by atoms with Gasteiger partial charge in [0.25, 0.3) is 0 Å². The zero-order valence-electron chi connectivity index (χ0n) is 9.75. The lowest BCUT2D eigenvalue weighted by Crippen LogP contribution is -2.01. The van der Waals surface area contributed by atoms with Crippen LogP contribution in [0.4, 0.5) is 0 Å². The molecule has 19 heavy (non-hydrogen) atoms. The number of rotatable bonds is 2. The highest BCUT2D eigenvalue weighted by molar-refractivity contribution is 14.1. The third kappa shape index (κ3) is 2.10. The molecule has 0 aliphatic carbocycles. The number of halogens is 1. The largest absolute Gasteiger partial charge is 0.478 e. The molecular formula is C14H9IN2O2. The monoisotopic (exact) mass is 364 g/mol. The van der Waals surface area contributed by atoms with Crippen LogP contribution in [0.2, 0.25) is 0 Å². The van der Waals surface area contributed by atoms with Crippen LogP contribution in [0, 0.1) is 3.57 Å². The molecule has 0 aliphatic heterocycles. The zero-order chi connectivity index (χ0) is 13.4. The maximum Gasteiger partial charge on any atom is 0.336 e. The normalized spacial score (nSPS) is 10.8. The Morgan fingerprint density at radius 2 is 1.89 bits per heavy atom. The predicted molar refractivity (Wildman–Crippen MR) is 80.7 cm³/mol. The number of aromatic nitrogens is 2. The number of aromatic carboxylic acids is 1. The molecule has 1 aromatic heterocycles. The Hall–Kier alpha value is -1.89. The first-order chi connectivity index (χ1) is 9.16. The Labute approximate surface area is 122 Å². The van der Waals surface area contributed by atoms with Crippen molar-refractivity contribution in [2.45, 2.75) is 0 Å². The molecule has 0 fully saturated rings. The molecule has 94 valence electrons. The molecular weight excluding hydrogens is 355 g/mol. The Morgan fingerprint density at radius 3 is 2.53 bits per heavy atom. The van der Waals surface area contributed by atoms with Gasteiger partial charge >= 0.3 is 5.97 Å². The number of hydrogen-bond acceptors (Lipinski definition) is 2. The number of nitrogens with zero attached hydrogens (tertiary/aromatic N) is 2. The summed E-state index contributed by atoms with van der Waals surface area (Å²) >= 11 is 2.19. The van der Waals surface area contributed by atoms with Gasteiger partial charge in [0.2, 0.25) is 0 Å². The van der Waals surface area contributed by atoms with Gasteiger partial charge in [0.15, 0.2) is 0 Å². The Balaban J connectivity index is 2.34. The fourth-order valence-corrected chi connectivity index (χ4v) is 2.49. The van der Waals surface area contributed by atoms with Crippen molar-refractivity contribution >= 4 is 39.3 Å². The van der Waals surface area contributed by atoms with Crippen LogP contribution in [0.3, 0.4) is 0 Å². The molecule has 0 spiro atoms. The second kappa shape index (κ2) is 4.65. The minimum atomic E-state index is -0.919. The van der Waals surface area contributed by atoms with Crippen LogP contribution in [-0.2, 0) is 0 Å². The summed E-state index contributed by atoms with van der Waals surface area (Å²) in [6.07, 6.45) is 3.67. The summed E-state index contributed by atoms with van der Waals surface area (Å²) in [6.45, 7) is 0. The molecule has 0 unspecified atom stereocenters. The average molecular weight is 364 g/mol. The summed E-state index contributed by atoms with van der Waals surface area (Å²) in [5, 5.41) is 15.1. The molecule has 0 radical (unpaired) electrons. The molecule has 0 aliphatic rings. The zero-order valence-corrected chi connectivity index (χ0v) is 11.9. The van der Waals surface area contributed by atoms with Gasteiger partial charge in [-0.1, -0.05) is 24.3 Å². The summed E-state index contributed by atoms with van der Waals surface area (Å²) in [7, 11) is 0. The topological polar surface area (TPSA) is 55.1 Å². The van der Waals surface area contributed by atoms with Crippen molar-refractivity contribution in [3.05, 3.63) is 57.9 Å². The SMILES string of the molecule is O=C(O)c1ccc(-n2cc(I)cn2)c2ccccc12. The molecule has 0 bridgehead atoms. The third-order valence-corrected chi connectivity index (χ3v) is 3.49. The molecule has 5 heteroatoms. The first kappa shape index (κ1) is 12.2. The second-order valence-electron chi connectivity index (χ2n) is 4.09. The lowest BCUT2D eigenvalue weighted by molar-refractivity contribution is 0.0699. The first-order valence-electron chi connectivity index (χ1n) is 5.62. The smallest absolute Gasteiger partial charge is 0.336 e. The fraction of sp³-hybridized carbons (Fsp3) is 0. The van der Waals surface area contributed by atoms with Gasteiger partial charge in [-0.15, -0.1) is 0 Å². The van der Waals surface area contributed by atoms with Crippen molar-refractivity contribution in [2.75, 3.05) is 0 Å². The molecule has 3 aromatic rings. The van der Waals surface area contributed by atoms with Crippen LogP contribution in [0.5, 0.6) is 0 Å². The van der Waals surface area contributed by atoms with Crippen molar-refractivity contribution in [3.8, 4) is 5.69 Å². The van der Waals surface area contributed by atoms with Gasteiger partial charge < -0.3 is 5.11 Å². The van der Waals surface area contributed by atoms with Crippen LogP contribution < -0.4 is 0 Å². The van der Waals surface area contributed by atoms with Crippen LogP contribution in [-0.4, -0.2) is 20.9 Å². The molecule has 1 N–H and O–H groups in total. The summed E-state index contributed by atoms with van der Waals surface area (Å²) < 4.78 is 2.79. The molecule has 0 amide bonds. The van der Waals surface area contributed by atoms with E-state index in [2.05, 4.69) is 27.7 Å². The molecule has 0 saturated carbocycles. The Morgan fingerprint density at radius 1 is 1.16 bits per heavy atom. The van der Waals surface area contributed by atoms with Crippen molar-refractivity contribution in [1.82, 2.24) is 9.78 Å². The van der Waals surface area contributed by atoms with Crippen molar-refractivity contribution < 1.29 is 9.90 Å². The summed E-state index contributed by atoms with van der Waals surface area (Å²) in [6, 6.07) is 10.9. The quantitative estimate of drug-likeness (QED) is 0.710. The number of fused-ring (bicyclic) bond motifs is 1. The standard InChI is InChI=1S/C14H9IN2O2/c15-9-7-16-17(8-9)13-6-5-12(14(18)19)10-3-1-2-4-11(10)13/h1-8H,(H,18,19). The van der Waals surface area contributed by atoms with Gasteiger partial charge in [0.05, 0.1) is 21.0 Å². The van der Waals surface area contributed by atoms with Crippen LogP contribution >= 0.6 is 22.6 Å². The molecule has 0 saturated heterocycles. The highest BCUT2D eigenvalue weighted by atomic mass is 127. The van der Waals surface area contributed by atoms with E-state index in [-0.39, 0.29) is 0 Å². The van der Waals surface area contributed by atoms with E-state index in [1.807, 2.05) is 30.5 Å². The van der Waals surface area contributed by atoms with E-state index in [4.69, 9.17) is 0 Å². The lowest BCUT2D eigenvalue weighted by atomic mass is 10.0. The van der Waals surface area contributed by atoms with E-state index >= 15 is 0 Å². The van der Waals surface area contributed by atoms with Gasteiger partial charge in [-0.2, -0.15) is 5.10 Å². The van der Waals surface area contributed by atoms with Gasteiger partial charge in [-0.3, -0.25) is 0 Å². The Kier molecular flexibility index (Phi) is 2.98. The van der Waals surface area contributed by atoms with E-state index < -0.39 is 5.97 Å². The van der Waals surface area contributed by atoms with E-state index in [1.165, 1.54) is 0 Å². The van der Waals surface area contributed by atoms with Crippen LogP contribution in [0.15, 0.2) is 48.8 Å². The second-order valence-corrected chi connectivity index (χ2v) is 5.33.